The molecule has 1 aromatic heterocycles. The van der Waals surface area contributed by atoms with Gasteiger partial charge in [0.2, 0.25) is 5.76 Å². The van der Waals surface area contributed by atoms with Gasteiger partial charge in [0.15, 0.2) is 11.9 Å². The number of likely N-dealkylation sites (tertiary alicyclic amines) is 1. The SMILES string of the molecule is CCOC(=O)C1=C(C=O)C2=C3CC(CO)C(=O)C(C3)c3cc4cc[nH]c4cc3CCC(CO)COc3c4c(c(CO)c(c32)O1)OC1(C=CC(CCO)C2C=CC3C(CC)N(CCCOC)CCC3C21O)C4. The number of Topliss-reactive ketones (excluding diaryl/α,β-unsaturated/α-hetero) is 1. The zero-order chi connectivity index (χ0) is 49.8. The Balaban J connectivity index is 1.20. The van der Waals surface area contributed by atoms with Crippen molar-refractivity contribution in [1.82, 2.24) is 9.88 Å². The van der Waals surface area contributed by atoms with Gasteiger partial charge < -0.3 is 54.2 Å². The number of H-pyrrole nitrogens is 1. The minimum absolute atomic E-state index is 0.00185. The number of allylic oxidation sites excluding steroid dienone is 4. The highest BCUT2D eigenvalue weighted by molar-refractivity contribution is 6.11. The first-order chi connectivity index (χ1) is 34.5. The van der Waals surface area contributed by atoms with Gasteiger partial charge in [-0.25, -0.2) is 4.79 Å². The molecule has 10 rings (SSSR count). The van der Waals surface area contributed by atoms with Crippen LogP contribution in [0.1, 0.15) is 92.5 Å². The molecule has 2 aromatic carbocycles. The van der Waals surface area contributed by atoms with Crippen LogP contribution in [0.2, 0.25) is 0 Å². The number of esters is 1. The first-order valence-electron chi connectivity index (χ1n) is 25.7. The molecule has 6 N–H and O–H groups in total. The standard InChI is InChI=1S/C56H68N2O13/c1-4-46-37-9-10-43-32(14-19-59)11-15-55(56(43,66)44(37)13-18-58(46)17-6-20-67-3)25-40-50(71-55)42(29-63)52-48-47(41(28-62)53(70-52)54(65)68-5-2)35-21-36(27-61)49(64)39(23-35)38-22-34-12-16-57-45(34)24-33(38)8-7-31(26-60)30-69-51(40)48/h9-12,15-16,22,24,28,31-32,36-37,39,43-44,46,57,59-61,63,66H,4-8,13-14,17-21,23,25-27,29-30H2,1-3H3. The van der Waals surface area contributed by atoms with E-state index in [-0.39, 0.29) is 115 Å². The molecule has 5 heterocycles. The summed E-state index contributed by atoms with van der Waals surface area (Å²) >= 11 is 0. The second-order valence-electron chi connectivity index (χ2n) is 20.7. The number of aliphatic hydroxyl groups excluding tert-OH is 4. The molecule has 10 atom stereocenters. The van der Waals surface area contributed by atoms with E-state index in [2.05, 4.69) is 29.0 Å². The topological polar surface area (TPSA) is 218 Å². The molecule has 380 valence electrons. The number of aromatic amines is 1. The Morgan fingerprint density at radius 2 is 1.89 bits per heavy atom. The van der Waals surface area contributed by atoms with Gasteiger partial charge in [0, 0.05) is 98.4 Å². The Morgan fingerprint density at radius 1 is 1.04 bits per heavy atom. The van der Waals surface area contributed by atoms with E-state index in [0.717, 1.165) is 48.0 Å². The van der Waals surface area contributed by atoms with Gasteiger partial charge in [0.05, 0.1) is 43.1 Å². The van der Waals surface area contributed by atoms with Crippen LogP contribution in [-0.4, -0.2) is 131 Å². The molecule has 3 aliphatic carbocycles. The fraction of sp³-hybridized carbons (Fsp3) is 0.554. The van der Waals surface area contributed by atoms with Gasteiger partial charge in [0.25, 0.3) is 0 Å². The largest absolute Gasteiger partial charge is 0.492 e. The Hall–Kier alpha value is -5.13. The zero-order valence-corrected chi connectivity index (χ0v) is 41.0. The summed E-state index contributed by atoms with van der Waals surface area (Å²) in [4.78, 5) is 48.3. The molecule has 2 fully saturated rings. The van der Waals surface area contributed by atoms with Gasteiger partial charge in [-0.15, -0.1) is 0 Å². The van der Waals surface area contributed by atoms with E-state index in [0.29, 0.717) is 49.7 Å². The fourth-order valence-electron chi connectivity index (χ4n) is 13.8. The molecule has 1 saturated carbocycles. The molecule has 7 aliphatic rings. The number of carbonyl (C=O) groups is 3. The van der Waals surface area contributed by atoms with Crippen molar-refractivity contribution in [3.63, 3.8) is 0 Å². The van der Waals surface area contributed by atoms with Crippen molar-refractivity contribution in [3.8, 4) is 17.2 Å². The maximum atomic E-state index is 14.7. The normalized spacial score (nSPS) is 31.0. The number of methoxy groups -OCH3 is 1. The van der Waals surface area contributed by atoms with Gasteiger partial charge in [-0.2, -0.15) is 0 Å². The second-order valence-corrected chi connectivity index (χ2v) is 20.7. The van der Waals surface area contributed by atoms with E-state index in [1.165, 1.54) is 0 Å². The number of hydrogen-bond acceptors (Lipinski definition) is 14. The average molecular weight is 977 g/mol. The first-order valence-corrected chi connectivity index (χ1v) is 25.7. The van der Waals surface area contributed by atoms with Crippen molar-refractivity contribution in [2.24, 2.45) is 35.5 Å². The third-order valence-electron chi connectivity index (χ3n) is 17.1. The zero-order valence-electron chi connectivity index (χ0n) is 41.0. The number of carbonyl (C=O) groups excluding carboxylic acids is 3. The number of rotatable bonds is 13. The smallest absolute Gasteiger partial charge is 0.375 e. The predicted octanol–water partition coefficient (Wildman–Crippen LogP) is 5.42. The number of ketones is 1. The summed E-state index contributed by atoms with van der Waals surface area (Å²) in [6.07, 6.45) is 14.8. The summed E-state index contributed by atoms with van der Waals surface area (Å²) in [5.41, 5.74) is 1.31. The third kappa shape index (κ3) is 8.01. The van der Waals surface area contributed by atoms with E-state index in [9.17, 15) is 39.9 Å². The molecular formula is C56H68N2O13. The van der Waals surface area contributed by atoms with E-state index in [1.54, 1.807) is 14.0 Å². The maximum Gasteiger partial charge on any atom is 0.375 e. The Morgan fingerprint density at radius 3 is 2.62 bits per heavy atom. The lowest BCUT2D eigenvalue weighted by molar-refractivity contribution is -0.202. The highest BCUT2D eigenvalue weighted by Crippen LogP contribution is 2.64. The van der Waals surface area contributed by atoms with Crippen LogP contribution in [0.3, 0.4) is 0 Å². The quantitative estimate of drug-likeness (QED) is 0.0546. The Bertz CT molecular complexity index is 2700. The van der Waals surface area contributed by atoms with Crippen LogP contribution in [0.5, 0.6) is 17.2 Å². The molecule has 1 saturated heterocycles. The minimum Gasteiger partial charge on any atom is -0.492 e. The van der Waals surface area contributed by atoms with Crippen molar-refractivity contribution >= 4 is 34.5 Å². The lowest BCUT2D eigenvalue weighted by atomic mass is 9.51. The van der Waals surface area contributed by atoms with Crippen LogP contribution < -0.4 is 14.2 Å². The van der Waals surface area contributed by atoms with E-state index in [4.69, 9.17) is 23.7 Å². The molecule has 2 bridgehead atoms. The van der Waals surface area contributed by atoms with Crippen molar-refractivity contribution in [1.29, 1.82) is 0 Å². The monoisotopic (exact) mass is 976 g/mol. The van der Waals surface area contributed by atoms with Gasteiger partial charge in [-0.3, -0.25) is 14.5 Å². The first kappa shape index (κ1) is 49.4. The second kappa shape index (κ2) is 20.1. The molecule has 3 aromatic rings. The Labute approximate surface area is 414 Å². The highest BCUT2D eigenvalue weighted by Gasteiger charge is 2.68. The van der Waals surface area contributed by atoms with Gasteiger partial charge in [-0.1, -0.05) is 30.7 Å². The third-order valence-corrected chi connectivity index (χ3v) is 17.1. The molecule has 10 unspecified atom stereocenters. The van der Waals surface area contributed by atoms with E-state index >= 15 is 0 Å². The maximum absolute atomic E-state index is 14.7. The van der Waals surface area contributed by atoms with Gasteiger partial charge in [-0.05, 0) is 117 Å². The Kier molecular flexibility index (Phi) is 14.0. The number of fused-ring (bicyclic) bond motifs is 11. The van der Waals surface area contributed by atoms with Crippen LogP contribution in [0.15, 0.2) is 65.6 Å². The predicted molar refractivity (Wildman–Crippen MR) is 263 cm³/mol. The summed E-state index contributed by atoms with van der Waals surface area (Å²) in [7, 11) is 1.71. The molecule has 15 heteroatoms. The number of nitrogens with one attached hydrogen (secondary N) is 1. The van der Waals surface area contributed by atoms with E-state index < -0.39 is 59.8 Å². The van der Waals surface area contributed by atoms with Crippen molar-refractivity contribution in [3.05, 3.63) is 93.4 Å². The number of aryl methyl sites for hydroxylation is 1. The van der Waals surface area contributed by atoms with Crippen LogP contribution in [0, 0.1) is 35.5 Å². The minimum atomic E-state index is -1.55. The van der Waals surface area contributed by atoms with Crippen molar-refractivity contribution < 1.29 is 63.6 Å². The summed E-state index contributed by atoms with van der Waals surface area (Å²) in [6.45, 7) is 4.60. The molecule has 0 radical (unpaired) electrons. The lowest BCUT2D eigenvalue weighted by Crippen LogP contribution is -2.71. The number of ether oxygens (including phenoxy) is 5. The summed E-state index contributed by atoms with van der Waals surface area (Å²) in [5, 5.41) is 59.1. The average Bonchev–Trinajstić information content (AvgIpc) is 4.01. The molecule has 15 nitrogen and oxygen atoms in total. The molecule has 4 aliphatic heterocycles. The van der Waals surface area contributed by atoms with Crippen molar-refractivity contribution in [2.45, 2.75) is 101 Å². The van der Waals surface area contributed by atoms with E-state index in [1.807, 2.05) is 36.5 Å². The number of aromatic nitrogens is 1. The van der Waals surface area contributed by atoms with Crippen LogP contribution in [0.25, 0.3) is 16.5 Å². The molecule has 0 amide bonds. The summed E-state index contributed by atoms with van der Waals surface area (Å²) < 4.78 is 32.0. The highest BCUT2D eigenvalue weighted by atomic mass is 16.6. The molecular weight excluding hydrogens is 909 g/mol. The summed E-state index contributed by atoms with van der Waals surface area (Å²) in [6, 6.07) is 6.11. The number of piperidine rings is 1. The van der Waals surface area contributed by atoms with Crippen LogP contribution in [-0.2, 0) is 43.3 Å². The molecule has 1 spiro atoms. The van der Waals surface area contributed by atoms with Gasteiger partial charge >= 0.3 is 5.97 Å². The van der Waals surface area contributed by atoms with Crippen molar-refractivity contribution in [2.75, 3.05) is 59.8 Å². The number of hydrogen-bond donors (Lipinski definition) is 6. The lowest BCUT2D eigenvalue weighted by Gasteiger charge is -2.61. The fourth-order valence-corrected chi connectivity index (χ4v) is 13.8. The number of aliphatic hydroxyl groups is 5. The number of nitrogens with zero attached hydrogens (tertiary/aromatic N) is 1. The van der Waals surface area contributed by atoms with Gasteiger partial charge in [0.1, 0.15) is 28.6 Å². The number of aldehydes is 1. The van der Waals surface area contributed by atoms with Crippen LogP contribution in [0.4, 0.5) is 0 Å². The summed E-state index contributed by atoms with van der Waals surface area (Å²) in [5.74, 6) is -4.05. The van der Waals surface area contributed by atoms with Crippen LogP contribution >= 0.6 is 0 Å². The number of benzene rings is 2. The molecule has 71 heavy (non-hydrogen) atoms.